The van der Waals surface area contributed by atoms with Crippen molar-refractivity contribution in [2.24, 2.45) is 0 Å². The van der Waals surface area contributed by atoms with Crippen molar-refractivity contribution in [2.45, 2.75) is 19.3 Å². The van der Waals surface area contributed by atoms with Crippen LogP contribution >= 0.6 is 0 Å². The molecule has 0 saturated heterocycles. The van der Waals surface area contributed by atoms with Crippen LogP contribution in [0.2, 0.25) is 0 Å². The molecule has 0 saturated carbocycles. The van der Waals surface area contributed by atoms with E-state index < -0.39 is 0 Å². The van der Waals surface area contributed by atoms with E-state index in [0.29, 0.717) is 6.42 Å². The molecule has 1 atom stereocenters. The molecule has 3 rings (SSSR count). The predicted molar refractivity (Wildman–Crippen MR) is 72.7 cm³/mol. The second-order valence-corrected chi connectivity index (χ2v) is 4.80. The third kappa shape index (κ3) is 1.90. The van der Waals surface area contributed by atoms with Crippen molar-refractivity contribution in [2.75, 3.05) is 5.32 Å². The Labute approximate surface area is 107 Å². The Hall–Kier alpha value is -2.09. The van der Waals surface area contributed by atoms with Gasteiger partial charge in [0.1, 0.15) is 0 Å². The molecule has 0 spiro atoms. The van der Waals surface area contributed by atoms with Crippen molar-refractivity contribution in [3.63, 3.8) is 0 Å². The lowest BCUT2D eigenvalue weighted by molar-refractivity contribution is -0.116. The first-order valence-corrected chi connectivity index (χ1v) is 6.19. The fourth-order valence-corrected chi connectivity index (χ4v) is 2.51. The fraction of sp³-hybridized carbons (Fsp3) is 0.188. The van der Waals surface area contributed by atoms with E-state index in [1.807, 2.05) is 18.2 Å². The number of benzene rings is 2. The lowest BCUT2D eigenvalue weighted by Gasteiger charge is -2.26. The third-order valence-electron chi connectivity index (χ3n) is 3.48. The van der Waals surface area contributed by atoms with E-state index in [2.05, 4.69) is 42.6 Å². The first kappa shape index (κ1) is 11.0. The van der Waals surface area contributed by atoms with Crippen LogP contribution in [-0.2, 0) is 4.79 Å². The first-order valence-electron chi connectivity index (χ1n) is 6.19. The standard InChI is InChI=1S/C16H15NO/c1-11-6-8-12(9-7-11)14-10-16(18)17-15-5-3-2-4-13(14)15/h2-9,14H,10H2,1H3,(H,17,18)/t14-/m0/s1. The number of anilines is 1. The molecule has 1 amide bonds. The van der Waals surface area contributed by atoms with E-state index in [0.717, 1.165) is 5.69 Å². The summed E-state index contributed by atoms with van der Waals surface area (Å²) in [6.07, 6.45) is 0.528. The highest BCUT2D eigenvalue weighted by Crippen LogP contribution is 2.36. The number of hydrogen-bond donors (Lipinski definition) is 1. The summed E-state index contributed by atoms with van der Waals surface area (Å²) >= 11 is 0. The monoisotopic (exact) mass is 237 g/mol. The molecular formula is C16H15NO. The van der Waals surface area contributed by atoms with E-state index in [-0.39, 0.29) is 11.8 Å². The molecule has 0 fully saturated rings. The van der Waals surface area contributed by atoms with E-state index in [1.54, 1.807) is 0 Å². The van der Waals surface area contributed by atoms with Crippen LogP contribution in [0.5, 0.6) is 0 Å². The van der Waals surface area contributed by atoms with Gasteiger partial charge in [-0.2, -0.15) is 0 Å². The Balaban J connectivity index is 2.07. The van der Waals surface area contributed by atoms with Gasteiger partial charge < -0.3 is 5.32 Å². The van der Waals surface area contributed by atoms with E-state index in [4.69, 9.17) is 0 Å². The smallest absolute Gasteiger partial charge is 0.225 e. The summed E-state index contributed by atoms with van der Waals surface area (Å²) in [7, 11) is 0. The maximum atomic E-state index is 11.8. The van der Waals surface area contributed by atoms with Crippen molar-refractivity contribution in [1.29, 1.82) is 0 Å². The van der Waals surface area contributed by atoms with Crippen LogP contribution in [0.25, 0.3) is 0 Å². The molecule has 1 heterocycles. The summed E-state index contributed by atoms with van der Waals surface area (Å²) in [5.74, 6) is 0.273. The molecule has 2 aromatic carbocycles. The van der Waals surface area contributed by atoms with Crippen LogP contribution in [0.1, 0.15) is 29.0 Å². The molecule has 18 heavy (non-hydrogen) atoms. The van der Waals surface area contributed by atoms with Crippen LogP contribution in [0.15, 0.2) is 48.5 Å². The lowest BCUT2D eigenvalue weighted by Crippen LogP contribution is -2.23. The largest absolute Gasteiger partial charge is 0.326 e. The SMILES string of the molecule is Cc1ccc([C@@H]2CC(=O)Nc3ccccc32)cc1. The van der Waals surface area contributed by atoms with Gasteiger partial charge >= 0.3 is 0 Å². The average molecular weight is 237 g/mol. The number of amides is 1. The second-order valence-electron chi connectivity index (χ2n) is 4.80. The van der Waals surface area contributed by atoms with Crippen molar-refractivity contribution in [3.05, 3.63) is 65.2 Å². The van der Waals surface area contributed by atoms with E-state index in [1.165, 1.54) is 16.7 Å². The predicted octanol–water partition coefficient (Wildman–Crippen LogP) is 3.47. The maximum Gasteiger partial charge on any atom is 0.225 e. The van der Waals surface area contributed by atoms with Crippen LogP contribution in [0.4, 0.5) is 5.69 Å². The highest BCUT2D eigenvalue weighted by Gasteiger charge is 2.25. The van der Waals surface area contributed by atoms with Crippen molar-refractivity contribution < 1.29 is 4.79 Å². The molecule has 2 nitrogen and oxygen atoms in total. The molecule has 0 unspecified atom stereocenters. The molecule has 1 aliphatic rings. The van der Waals surface area contributed by atoms with Gasteiger partial charge in [-0.25, -0.2) is 0 Å². The Bertz CT molecular complexity index is 586. The number of aryl methyl sites for hydroxylation is 1. The lowest BCUT2D eigenvalue weighted by atomic mass is 9.84. The van der Waals surface area contributed by atoms with Gasteiger partial charge in [-0.05, 0) is 24.1 Å². The van der Waals surface area contributed by atoms with Crippen molar-refractivity contribution >= 4 is 11.6 Å². The molecule has 1 N–H and O–H groups in total. The second kappa shape index (κ2) is 4.30. The normalized spacial score (nSPS) is 18.1. The number of para-hydroxylation sites is 1. The number of nitrogens with one attached hydrogen (secondary N) is 1. The summed E-state index contributed by atoms with van der Waals surface area (Å²) in [5.41, 5.74) is 4.61. The minimum absolute atomic E-state index is 0.0966. The average Bonchev–Trinajstić information content (AvgIpc) is 2.38. The molecule has 1 aliphatic heterocycles. The molecule has 2 aromatic rings. The number of rotatable bonds is 1. The van der Waals surface area contributed by atoms with E-state index >= 15 is 0 Å². The molecule has 2 heteroatoms. The fourth-order valence-electron chi connectivity index (χ4n) is 2.51. The van der Waals surface area contributed by atoms with Gasteiger partial charge in [0.2, 0.25) is 5.91 Å². The van der Waals surface area contributed by atoms with E-state index in [9.17, 15) is 4.79 Å². The first-order chi connectivity index (χ1) is 8.74. The zero-order valence-electron chi connectivity index (χ0n) is 10.3. The van der Waals surface area contributed by atoms with Crippen LogP contribution < -0.4 is 5.32 Å². The van der Waals surface area contributed by atoms with Crippen molar-refractivity contribution in [3.8, 4) is 0 Å². The van der Waals surface area contributed by atoms with Crippen LogP contribution in [0, 0.1) is 6.92 Å². The topological polar surface area (TPSA) is 29.1 Å². The number of carbonyl (C=O) groups excluding carboxylic acids is 1. The highest BCUT2D eigenvalue weighted by molar-refractivity contribution is 5.95. The van der Waals surface area contributed by atoms with Gasteiger partial charge in [0.05, 0.1) is 0 Å². The summed E-state index contributed by atoms with van der Waals surface area (Å²) in [6.45, 7) is 2.07. The summed E-state index contributed by atoms with van der Waals surface area (Å²) in [6, 6.07) is 16.5. The molecule has 0 aromatic heterocycles. The maximum absolute atomic E-state index is 11.8. The zero-order chi connectivity index (χ0) is 12.5. The Morgan fingerprint density at radius 3 is 2.56 bits per heavy atom. The van der Waals surface area contributed by atoms with Gasteiger partial charge in [0.15, 0.2) is 0 Å². The van der Waals surface area contributed by atoms with Crippen molar-refractivity contribution in [1.82, 2.24) is 0 Å². The van der Waals surface area contributed by atoms with Gasteiger partial charge in [0.25, 0.3) is 0 Å². The number of hydrogen-bond acceptors (Lipinski definition) is 1. The highest BCUT2D eigenvalue weighted by atomic mass is 16.1. The minimum atomic E-state index is 0.0966. The van der Waals surface area contributed by atoms with Gasteiger partial charge in [-0.3, -0.25) is 4.79 Å². The molecule has 0 radical (unpaired) electrons. The Morgan fingerprint density at radius 1 is 1.06 bits per heavy atom. The summed E-state index contributed by atoms with van der Waals surface area (Å²) < 4.78 is 0. The molecular weight excluding hydrogens is 222 g/mol. The summed E-state index contributed by atoms with van der Waals surface area (Å²) in [4.78, 5) is 11.8. The number of carbonyl (C=O) groups is 1. The molecule has 0 bridgehead atoms. The molecule has 90 valence electrons. The summed E-state index contributed by atoms with van der Waals surface area (Å²) in [5, 5.41) is 2.93. The van der Waals surface area contributed by atoms with Gasteiger partial charge in [-0.1, -0.05) is 48.0 Å². The Morgan fingerprint density at radius 2 is 1.78 bits per heavy atom. The molecule has 0 aliphatic carbocycles. The van der Waals surface area contributed by atoms with Crippen LogP contribution in [0.3, 0.4) is 0 Å². The van der Waals surface area contributed by atoms with Gasteiger partial charge in [-0.15, -0.1) is 0 Å². The minimum Gasteiger partial charge on any atom is -0.326 e. The Kier molecular flexibility index (Phi) is 2.63. The van der Waals surface area contributed by atoms with Crippen LogP contribution in [-0.4, -0.2) is 5.91 Å². The zero-order valence-corrected chi connectivity index (χ0v) is 10.3. The quantitative estimate of drug-likeness (QED) is 0.808. The number of fused-ring (bicyclic) bond motifs is 1. The van der Waals surface area contributed by atoms with Gasteiger partial charge in [0, 0.05) is 18.0 Å². The third-order valence-corrected chi connectivity index (χ3v) is 3.48.